The second-order valence-corrected chi connectivity index (χ2v) is 9.18. The molecule has 172 valence electrons. The lowest BCUT2D eigenvalue weighted by atomic mass is 9.96. The minimum atomic E-state index is 0.0284. The predicted molar refractivity (Wildman–Crippen MR) is 128 cm³/mol. The Labute approximate surface area is 198 Å². The molecule has 2 aliphatic heterocycles. The van der Waals surface area contributed by atoms with Crippen molar-refractivity contribution in [1.29, 1.82) is 0 Å². The molecule has 5 rings (SSSR count). The highest BCUT2D eigenvalue weighted by atomic mass is 35.5. The predicted octanol–water partition coefficient (Wildman–Crippen LogP) is 3.95. The number of para-hydroxylation sites is 1. The number of hydrogen-bond acceptors (Lipinski definition) is 6. The number of carbonyl (C=O) groups is 1. The molecule has 2 saturated heterocycles. The molecule has 1 unspecified atom stereocenters. The quantitative estimate of drug-likeness (QED) is 0.568. The third-order valence-corrected chi connectivity index (χ3v) is 6.75. The third-order valence-electron chi connectivity index (χ3n) is 6.50. The first-order valence-corrected chi connectivity index (χ1v) is 11.9. The van der Waals surface area contributed by atoms with Gasteiger partial charge in [-0.1, -0.05) is 35.0 Å². The number of benzene rings is 2. The van der Waals surface area contributed by atoms with Gasteiger partial charge in [0.1, 0.15) is 0 Å². The van der Waals surface area contributed by atoms with Crippen LogP contribution in [-0.2, 0) is 11.3 Å². The van der Waals surface area contributed by atoms with Gasteiger partial charge in [-0.05, 0) is 55.8 Å². The Balaban J connectivity index is 1.15. The largest absolute Gasteiger partial charge is 0.368 e. The topological polar surface area (TPSA) is 65.7 Å². The minimum absolute atomic E-state index is 0.0284. The molecule has 0 saturated carbocycles. The first-order valence-electron chi connectivity index (χ1n) is 11.6. The zero-order valence-corrected chi connectivity index (χ0v) is 19.3. The average Bonchev–Trinajstić information content (AvgIpc) is 3.33. The Bertz CT molecular complexity index is 1060. The van der Waals surface area contributed by atoms with Gasteiger partial charge in [-0.25, -0.2) is 0 Å². The first kappa shape index (κ1) is 21.9. The van der Waals surface area contributed by atoms with E-state index < -0.39 is 0 Å². The van der Waals surface area contributed by atoms with Gasteiger partial charge in [0.05, 0.1) is 12.5 Å². The zero-order valence-electron chi connectivity index (χ0n) is 18.6. The molecule has 0 spiro atoms. The summed E-state index contributed by atoms with van der Waals surface area (Å²) in [5.74, 6) is 1.44. The van der Waals surface area contributed by atoms with Crippen molar-refractivity contribution in [3.05, 3.63) is 65.5 Å². The lowest BCUT2D eigenvalue weighted by molar-refractivity contribution is -0.137. The Kier molecular flexibility index (Phi) is 6.60. The lowest BCUT2D eigenvalue weighted by Gasteiger charge is -2.39. The Morgan fingerprint density at radius 3 is 2.52 bits per heavy atom. The Morgan fingerprint density at radius 1 is 1.00 bits per heavy atom. The van der Waals surface area contributed by atoms with Crippen LogP contribution in [0.3, 0.4) is 0 Å². The third kappa shape index (κ3) is 5.20. The van der Waals surface area contributed by atoms with Gasteiger partial charge < -0.3 is 14.3 Å². The zero-order chi connectivity index (χ0) is 22.6. The highest BCUT2D eigenvalue weighted by Crippen LogP contribution is 2.24. The van der Waals surface area contributed by atoms with Gasteiger partial charge in [0.15, 0.2) is 0 Å². The van der Waals surface area contributed by atoms with E-state index in [-0.39, 0.29) is 11.8 Å². The summed E-state index contributed by atoms with van der Waals surface area (Å²) in [6, 6.07) is 17.8. The van der Waals surface area contributed by atoms with Gasteiger partial charge in [-0.2, -0.15) is 4.98 Å². The maximum Gasteiger partial charge on any atom is 0.241 e. The number of piperazine rings is 1. The minimum Gasteiger partial charge on any atom is -0.368 e. The SMILES string of the molecule is O=C(C1CCCN(Cc2nc(-c3ccc(Cl)cc3)no2)C1)N1CCN(c2ccccc2)CC1. The van der Waals surface area contributed by atoms with Crippen LogP contribution in [0.15, 0.2) is 59.1 Å². The number of aromatic nitrogens is 2. The molecule has 33 heavy (non-hydrogen) atoms. The highest BCUT2D eigenvalue weighted by Gasteiger charge is 2.31. The van der Waals surface area contributed by atoms with Gasteiger partial charge >= 0.3 is 0 Å². The fraction of sp³-hybridized carbons (Fsp3) is 0.400. The van der Waals surface area contributed by atoms with Crippen molar-refractivity contribution in [1.82, 2.24) is 19.9 Å². The van der Waals surface area contributed by atoms with Crippen molar-refractivity contribution in [3.63, 3.8) is 0 Å². The van der Waals surface area contributed by atoms with Crippen LogP contribution in [0.25, 0.3) is 11.4 Å². The van der Waals surface area contributed by atoms with E-state index in [1.807, 2.05) is 35.2 Å². The molecule has 0 N–H and O–H groups in total. The molecule has 0 bridgehead atoms. The molecule has 8 heteroatoms. The molecular weight excluding hydrogens is 438 g/mol. The van der Waals surface area contributed by atoms with Crippen LogP contribution in [-0.4, -0.2) is 65.1 Å². The summed E-state index contributed by atoms with van der Waals surface area (Å²) in [7, 11) is 0. The number of carbonyl (C=O) groups excluding carboxylic acids is 1. The van der Waals surface area contributed by atoms with E-state index in [0.717, 1.165) is 57.7 Å². The summed E-state index contributed by atoms with van der Waals surface area (Å²) >= 11 is 5.96. The molecular formula is C25H28ClN5O2. The summed E-state index contributed by atoms with van der Waals surface area (Å²) in [4.78, 5) is 24.4. The molecule has 2 aliphatic rings. The van der Waals surface area contributed by atoms with Crippen molar-refractivity contribution in [2.45, 2.75) is 19.4 Å². The van der Waals surface area contributed by atoms with Crippen molar-refractivity contribution in [2.75, 3.05) is 44.2 Å². The van der Waals surface area contributed by atoms with Crippen molar-refractivity contribution < 1.29 is 9.32 Å². The van der Waals surface area contributed by atoms with Crippen LogP contribution in [0.2, 0.25) is 5.02 Å². The van der Waals surface area contributed by atoms with E-state index >= 15 is 0 Å². The standard InChI is InChI=1S/C25H28ClN5O2/c26-21-10-8-19(9-11-21)24-27-23(33-28-24)18-29-12-4-5-20(17-29)25(32)31-15-13-30(14-16-31)22-6-2-1-3-7-22/h1-3,6-11,20H,4-5,12-18H2. The van der Waals surface area contributed by atoms with E-state index in [1.165, 1.54) is 5.69 Å². The van der Waals surface area contributed by atoms with E-state index in [4.69, 9.17) is 16.1 Å². The number of anilines is 1. The molecule has 2 aromatic carbocycles. The molecule has 7 nitrogen and oxygen atoms in total. The Hall–Kier alpha value is -2.90. The second kappa shape index (κ2) is 9.93. The number of rotatable bonds is 5. The van der Waals surface area contributed by atoms with Gasteiger partial charge in [0.25, 0.3) is 0 Å². The molecule has 0 aliphatic carbocycles. The maximum atomic E-state index is 13.2. The number of amides is 1. The fourth-order valence-electron chi connectivity index (χ4n) is 4.71. The highest BCUT2D eigenvalue weighted by molar-refractivity contribution is 6.30. The summed E-state index contributed by atoms with van der Waals surface area (Å²) in [5, 5.41) is 4.78. The van der Waals surface area contributed by atoms with Gasteiger partial charge in [-0.3, -0.25) is 9.69 Å². The molecule has 2 fully saturated rings. The number of halogens is 1. The van der Waals surface area contributed by atoms with E-state index in [0.29, 0.717) is 23.3 Å². The maximum absolute atomic E-state index is 13.2. The number of likely N-dealkylation sites (tertiary alicyclic amines) is 1. The number of hydrogen-bond donors (Lipinski definition) is 0. The summed E-state index contributed by atoms with van der Waals surface area (Å²) < 4.78 is 5.48. The monoisotopic (exact) mass is 465 g/mol. The van der Waals surface area contributed by atoms with Crippen molar-refractivity contribution in [3.8, 4) is 11.4 Å². The molecule has 1 amide bonds. The summed E-state index contributed by atoms with van der Waals surface area (Å²) in [6.07, 6.45) is 1.94. The molecule has 1 atom stereocenters. The second-order valence-electron chi connectivity index (χ2n) is 8.74. The molecule has 3 aromatic rings. The van der Waals surface area contributed by atoms with E-state index in [1.54, 1.807) is 0 Å². The van der Waals surface area contributed by atoms with Gasteiger partial charge in [0.2, 0.25) is 17.6 Å². The summed E-state index contributed by atoms with van der Waals surface area (Å²) in [5.41, 5.74) is 2.10. The molecule has 1 aromatic heterocycles. The summed E-state index contributed by atoms with van der Waals surface area (Å²) in [6.45, 7) is 5.53. The van der Waals surface area contributed by atoms with Crippen LogP contribution in [0.5, 0.6) is 0 Å². The van der Waals surface area contributed by atoms with Crippen LogP contribution < -0.4 is 4.90 Å². The van der Waals surface area contributed by atoms with Crippen LogP contribution in [0.1, 0.15) is 18.7 Å². The van der Waals surface area contributed by atoms with Crippen molar-refractivity contribution in [2.24, 2.45) is 5.92 Å². The number of piperidine rings is 1. The van der Waals surface area contributed by atoms with E-state index in [9.17, 15) is 4.79 Å². The lowest BCUT2D eigenvalue weighted by Crippen LogP contribution is -2.52. The van der Waals surface area contributed by atoms with E-state index in [2.05, 4.69) is 44.2 Å². The fourth-order valence-corrected chi connectivity index (χ4v) is 4.84. The van der Waals surface area contributed by atoms with Crippen LogP contribution in [0, 0.1) is 5.92 Å². The van der Waals surface area contributed by atoms with Crippen molar-refractivity contribution >= 4 is 23.2 Å². The Morgan fingerprint density at radius 2 is 1.76 bits per heavy atom. The van der Waals surface area contributed by atoms with Gasteiger partial charge in [-0.15, -0.1) is 0 Å². The average molecular weight is 466 g/mol. The first-order chi connectivity index (χ1) is 16.2. The normalized spacial score (nSPS) is 19.6. The number of nitrogens with zero attached hydrogens (tertiary/aromatic N) is 5. The molecule has 3 heterocycles. The van der Waals surface area contributed by atoms with Crippen LogP contribution in [0.4, 0.5) is 5.69 Å². The smallest absolute Gasteiger partial charge is 0.241 e. The molecule has 0 radical (unpaired) electrons. The van der Waals surface area contributed by atoms with Crippen LogP contribution >= 0.6 is 11.6 Å². The van der Waals surface area contributed by atoms with Gasteiger partial charge in [0, 0.05) is 49.0 Å².